The fourth-order valence-corrected chi connectivity index (χ4v) is 5.98. The monoisotopic (exact) mass is 412 g/mol. The number of phenols is 2. The minimum Gasteiger partial charge on any atom is -0.502 e. The van der Waals surface area contributed by atoms with Crippen LogP contribution in [-0.4, -0.2) is 20.1 Å². The topological polar surface area (TPSA) is 127 Å². The van der Waals surface area contributed by atoms with Gasteiger partial charge in [0, 0.05) is 23.0 Å². The summed E-state index contributed by atoms with van der Waals surface area (Å²) >= 11 is 0. The molecule has 0 saturated heterocycles. The average Bonchev–Trinajstić information content (AvgIpc) is 2.73. The van der Waals surface area contributed by atoms with E-state index in [1.807, 2.05) is 0 Å². The van der Waals surface area contributed by atoms with Crippen molar-refractivity contribution in [3.05, 3.63) is 67.8 Å². The summed E-state index contributed by atoms with van der Waals surface area (Å²) < 4.78 is 0. The van der Waals surface area contributed by atoms with Crippen LogP contribution in [0.25, 0.3) is 0 Å². The van der Waals surface area contributed by atoms with Crippen LogP contribution in [0.15, 0.2) is 36.4 Å². The van der Waals surface area contributed by atoms with Gasteiger partial charge in [0.2, 0.25) is 0 Å². The summed E-state index contributed by atoms with van der Waals surface area (Å²) in [5.41, 5.74) is 0.163. The van der Waals surface area contributed by atoms with Crippen LogP contribution < -0.4 is 0 Å². The number of benzene rings is 2. The number of nitro groups is 2. The predicted octanol–water partition coefficient (Wildman–Crippen LogP) is 5.24. The maximum absolute atomic E-state index is 11.5. The molecule has 4 rings (SSSR count). The van der Waals surface area contributed by atoms with Crippen LogP contribution in [0, 0.1) is 20.2 Å². The number of phenolic OH excluding ortho intramolecular Hbond substituents is 2. The standard InChI is InChI=1S/C22H24N2O6/c25-19-7-5-15(13-17(19)23(27)28)21-9-1-2-10-22(21,12-4-3-11-21)16-6-8-20(26)18(14-16)24(29)30/h5-8,13-14,25-26H,1-4,9-12H2. The van der Waals surface area contributed by atoms with Crippen LogP contribution >= 0.6 is 0 Å². The lowest BCUT2D eigenvalue weighted by Crippen LogP contribution is -2.53. The molecule has 2 aromatic carbocycles. The van der Waals surface area contributed by atoms with Gasteiger partial charge in [0.15, 0.2) is 11.5 Å². The molecule has 8 heteroatoms. The Kier molecular flexibility index (Phi) is 4.88. The summed E-state index contributed by atoms with van der Waals surface area (Å²) in [6.07, 6.45) is 7.17. The van der Waals surface area contributed by atoms with Crippen molar-refractivity contribution in [1.82, 2.24) is 0 Å². The molecule has 2 aromatic rings. The molecule has 0 unspecified atom stereocenters. The van der Waals surface area contributed by atoms with E-state index in [9.17, 15) is 30.4 Å². The third-order valence-corrected chi connectivity index (χ3v) is 7.28. The second kappa shape index (κ2) is 7.27. The Bertz CT molecular complexity index is 925. The van der Waals surface area contributed by atoms with Crippen LogP contribution in [0.5, 0.6) is 11.5 Å². The number of fused-ring (bicyclic) bond motifs is 1. The van der Waals surface area contributed by atoms with E-state index in [-0.39, 0.29) is 22.9 Å². The molecule has 0 heterocycles. The lowest BCUT2D eigenvalue weighted by atomic mass is 9.46. The number of rotatable bonds is 4. The van der Waals surface area contributed by atoms with Crippen molar-refractivity contribution in [3.63, 3.8) is 0 Å². The van der Waals surface area contributed by atoms with Crippen LogP contribution in [0.3, 0.4) is 0 Å². The Morgan fingerprint density at radius 2 is 1.00 bits per heavy atom. The molecule has 2 saturated carbocycles. The van der Waals surface area contributed by atoms with Gasteiger partial charge in [-0.25, -0.2) is 0 Å². The van der Waals surface area contributed by atoms with Crippen LogP contribution in [0.1, 0.15) is 62.5 Å². The second-order valence-corrected chi connectivity index (χ2v) is 8.50. The highest BCUT2D eigenvalue weighted by Gasteiger charge is 2.56. The van der Waals surface area contributed by atoms with E-state index < -0.39 is 20.7 Å². The third kappa shape index (κ3) is 2.89. The summed E-state index contributed by atoms with van der Waals surface area (Å²) in [4.78, 5) is 21.8. The summed E-state index contributed by atoms with van der Waals surface area (Å²) in [6, 6.07) is 9.26. The molecule has 0 aromatic heterocycles. The smallest absolute Gasteiger partial charge is 0.310 e. The number of nitrogens with zero attached hydrogens (tertiary/aromatic N) is 2. The molecule has 158 valence electrons. The first kappa shape index (κ1) is 20.1. The van der Waals surface area contributed by atoms with E-state index in [1.165, 1.54) is 24.3 Å². The summed E-state index contributed by atoms with van der Waals surface area (Å²) in [7, 11) is 0. The second-order valence-electron chi connectivity index (χ2n) is 8.50. The van der Waals surface area contributed by atoms with Crippen molar-refractivity contribution in [2.45, 2.75) is 62.2 Å². The molecular formula is C22H24N2O6. The molecule has 0 spiro atoms. The van der Waals surface area contributed by atoms with Gasteiger partial charge in [-0.3, -0.25) is 20.2 Å². The predicted molar refractivity (Wildman–Crippen MR) is 110 cm³/mol. The number of nitro benzene ring substituents is 2. The number of hydrogen-bond acceptors (Lipinski definition) is 6. The van der Waals surface area contributed by atoms with Crippen molar-refractivity contribution in [1.29, 1.82) is 0 Å². The first-order chi connectivity index (χ1) is 14.3. The highest BCUT2D eigenvalue weighted by atomic mass is 16.6. The van der Waals surface area contributed by atoms with E-state index >= 15 is 0 Å². The quantitative estimate of drug-likeness (QED) is 0.522. The van der Waals surface area contributed by atoms with Crippen molar-refractivity contribution in [2.75, 3.05) is 0 Å². The zero-order valence-electron chi connectivity index (χ0n) is 16.5. The number of aromatic hydroxyl groups is 2. The third-order valence-electron chi connectivity index (χ3n) is 7.28. The molecule has 2 N–H and O–H groups in total. The van der Waals surface area contributed by atoms with E-state index in [4.69, 9.17) is 0 Å². The van der Waals surface area contributed by atoms with Crippen LogP contribution in [-0.2, 0) is 10.8 Å². The molecule has 0 amide bonds. The Labute approximate surface area is 173 Å². The van der Waals surface area contributed by atoms with Gasteiger partial charge in [-0.05, 0) is 48.9 Å². The first-order valence-corrected chi connectivity index (χ1v) is 10.3. The summed E-state index contributed by atoms with van der Waals surface area (Å²) in [5.74, 6) is -0.727. The molecule has 30 heavy (non-hydrogen) atoms. The van der Waals surface area contributed by atoms with Gasteiger partial charge in [-0.15, -0.1) is 0 Å². The lowest BCUT2D eigenvalue weighted by Gasteiger charge is -2.57. The largest absolute Gasteiger partial charge is 0.502 e. The fraction of sp³-hybridized carbons (Fsp3) is 0.455. The molecule has 2 fully saturated rings. The Morgan fingerprint density at radius 1 is 0.667 bits per heavy atom. The maximum atomic E-state index is 11.5. The van der Waals surface area contributed by atoms with Crippen molar-refractivity contribution in [2.24, 2.45) is 0 Å². The Hall–Kier alpha value is -3.16. The fourth-order valence-electron chi connectivity index (χ4n) is 5.98. The van der Waals surface area contributed by atoms with E-state index in [0.29, 0.717) is 0 Å². The minimum atomic E-state index is -0.575. The minimum absolute atomic E-state index is 0.316. The van der Waals surface area contributed by atoms with Gasteiger partial charge >= 0.3 is 11.4 Å². The van der Waals surface area contributed by atoms with Crippen molar-refractivity contribution in [3.8, 4) is 11.5 Å². The maximum Gasteiger partial charge on any atom is 0.310 e. The molecule has 8 nitrogen and oxygen atoms in total. The van der Waals surface area contributed by atoms with Gasteiger partial charge in [0.1, 0.15) is 0 Å². The molecule has 0 radical (unpaired) electrons. The van der Waals surface area contributed by atoms with Gasteiger partial charge < -0.3 is 10.2 Å². The number of hydrogen-bond donors (Lipinski definition) is 2. The highest BCUT2D eigenvalue weighted by Crippen LogP contribution is 2.61. The van der Waals surface area contributed by atoms with E-state index in [1.54, 1.807) is 12.1 Å². The van der Waals surface area contributed by atoms with Gasteiger partial charge in [0.25, 0.3) is 0 Å². The molecular weight excluding hydrogens is 388 g/mol. The van der Waals surface area contributed by atoms with E-state index in [2.05, 4.69) is 0 Å². The summed E-state index contributed by atoms with van der Waals surface area (Å²) in [5, 5.41) is 42.9. The molecule has 2 aliphatic carbocycles. The SMILES string of the molecule is O=[N+]([O-])c1cc(C23CCCCC2(c2ccc(O)c([N+](=O)[O-])c2)CCCC3)ccc1O. The van der Waals surface area contributed by atoms with Gasteiger partial charge in [0.05, 0.1) is 9.85 Å². The zero-order chi connectivity index (χ0) is 21.5. The van der Waals surface area contributed by atoms with Crippen molar-refractivity contribution < 1.29 is 20.1 Å². The first-order valence-electron chi connectivity index (χ1n) is 10.3. The normalized spacial score (nSPS) is 26.0. The molecule has 0 bridgehead atoms. The molecule has 2 aliphatic rings. The Balaban J connectivity index is 1.95. The van der Waals surface area contributed by atoms with Crippen molar-refractivity contribution >= 4 is 11.4 Å². The van der Waals surface area contributed by atoms with Gasteiger partial charge in [-0.2, -0.15) is 0 Å². The zero-order valence-corrected chi connectivity index (χ0v) is 16.5. The van der Waals surface area contributed by atoms with Gasteiger partial charge in [-0.1, -0.05) is 37.8 Å². The van der Waals surface area contributed by atoms with E-state index in [0.717, 1.165) is 62.5 Å². The average molecular weight is 412 g/mol. The summed E-state index contributed by atoms with van der Waals surface area (Å²) in [6.45, 7) is 0. The van der Waals surface area contributed by atoms with Crippen LogP contribution in [0.4, 0.5) is 11.4 Å². The Morgan fingerprint density at radius 3 is 1.30 bits per heavy atom. The molecule has 0 aliphatic heterocycles. The lowest BCUT2D eigenvalue weighted by molar-refractivity contribution is -0.386. The molecule has 0 atom stereocenters. The van der Waals surface area contributed by atoms with Crippen LogP contribution in [0.2, 0.25) is 0 Å². The highest BCUT2D eigenvalue weighted by molar-refractivity contribution is 5.55.